The maximum absolute atomic E-state index is 12.6. The normalized spacial score (nSPS) is 11.0. The summed E-state index contributed by atoms with van der Waals surface area (Å²) in [6, 6.07) is 5.25. The molecule has 0 saturated heterocycles. The van der Waals surface area contributed by atoms with Gasteiger partial charge in [0, 0.05) is 5.56 Å². The van der Waals surface area contributed by atoms with Crippen molar-refractivity contribution in [3.05, 3.63) is 39.0 Å². The minimum Gasteiger partial charge on any atom is -0.493 e. The molecule has 2 heterocycles. The Morgan fingerprint density at radius 2 is 1.89 bits per heavy atom. The highest BCUT2D eigenvalue weighted by molar-refractivity contribution is 7.20. The second-order valence-corrected chi connectivity index (χ2v) is 7.17. The van der Waals surface area contributed by atoms with Crippen molar-refractivity contribution in [2.75, 3.05) is 14.2 Å². The van der Waals surface area contributed by atoms with Crippen LogP contribution >= 0.6 is 11.3 Å². The number of benzene rings is 1. The lowest BCUT2D eigenvalue weighted by Crippen LogP contribution is -2.12. The molecule has 0 radical (unpaired) electrons. The number of thiophene rings is 1. The number of rotatable bonds is 5. The first-order valence-electron chi connectivity index (χ1n) is 8.32. The lowest BCUT2D eigenvalue weighted by atomic mass is 10.1. The van der Waals surface area contributed by atoms with E-state index in [9.17, 15) is 9.59 Å². The van der Waals surface area contributed by atoms with Gasteiger partial charge in [0.15, 0.2) is 11.5 Å². The highest BCUT2D eigenvalue weighted by atomic mass is 32.1. The maximum atomic E-state index is 12.6. The topological polar surface area (TPSA) is 90.5 Å². The number of nitrogens with zero attached hydrogens (tertiary/aromatic N) is 1. The number of hydrogen-bond donors (Lipinski definition) is 1. The Balaban J connectivity index is 2.12. The van der Waals surface area contributed by atoms with Crippen molar-refractivity contribution in [2.45, 2.75) is 26.9 Å². The van der Waals surface area contributed by atoms with Crippen molar-refractivity contribution in [1.29, 1.82) is 0 Å². The van der Waals surface area contributed by atoms with Gasteiger partial charge in [0.2, 0.25) is 0 Å². The van der Waals surface area contributed by atoms with Crippen molar-refractivity contribution in [1.82, 2.24) is 9.97 Å². The van der Waals surface area contributed by atoms with Gasteiger partial charge >= 0.3 is 5.97 Å². The maximum Gasteiger partial charge on any atom is 0.348 e. The first-order valence-corrected chi connectivity index (χ1v) is 9.14. The van der Waals surface area contributed by atoms with Gasteiger partial charge < -0.3 is 19.2 Å². The first kappa shape index (κ1) is 18.9. The molecular formula is C19H20N2O5S. The van der Waals surface area contributed by atoms with E-state index in [1.165, 1.54) is 7.11 Å². The Kier molecular flexibility index (Phi) is 5.18. The average molecular weight is 388 g/mol. The van der Waals surface area contributed by atoms with E-state index >= 15 is 0 Å². The summed E-state index contributed by atoms with van der Waals surface area (Å²) in [5.41, 5.74) is 0.944. The lowest BCUT2D eigenvalue weighted by Gasteiger charge is -2.09. The predicted molar refractivity (Wildman–Crippen MR) is 104 cm³/mol. The smallest absolute Gasteiger partial charge is 0.348 e. The fraction of sp³-hybridized carbons (Fsp3) is 0.316. The summed E-state index contributed by atoms with van der Waals surface area (Å²) in [4.78, 5) is 33.1. The van der Waals surface area contributed by atoms with E-state index in [4.69, 9.17) is 14.2 Å². The van der Waals surface area contributed by atoms with Gasteiger partial charge in [-0.05, 0) is 44.5 Å². The Morgan fingerprint density at radius 1 is 1.19 bits per heavy atom. The second kappa shape index (κ2) is 7.40. The summed E-state index contributed by atoms with van der Waals surface area (Å²) in [7, 11) is 3.09. The number of ether oxygens (including phenoxy) is 3. The number of aromatic nitrogens is 2. The number of H-pyrrole nitrogens is 1. The molecule has 0 aliphatic rings. The van der Waals surface area contributed by atoms with E-state index in [1.54, 1.807) is 46.1 Å². The molecule has 0 bridgehead atoms. The molecule has 142 valence electrons. The van der Waals surface area contributed by atoms with Crippen LogP contribution in [0.15, 0.2) is 23.0 Å². The van der Waals surface area contributed by atoms with Crippen LogP contribution in [0.2, 0.25) is 0 Å². The summed E-state index contributed by atoms with van der Waals surface area (Å²) in [5, 5.41) is 0.403. The van der Waals surface area contributed by atoms with Crippen molar-refractivity contribution in [2.24, 2.45) is 0 Å². The average Bonchev–Trinajstić information content (AvgIpc) is 2.97. The van der Waals surface area contributed by atoms with E-state index in [2.05, 4.69) is 9.97 Å². The molecule has 0 amide bonds. The summed E-state index contributed by atoms with van der Waals surface area (Å²) >= 11 is 1.15. The van der Waals surface area contributed by atoms with Gasteiger partial charge in [-0.2, -0.15) is 0 Å². The summed E-state index contributed by atoms with van der Waals surface area (Å²) in [6.07, 6.45) is -0.240. The molecule has 8 heteroatoms. The Hall–Kier alpha value is -2.87. The molecule has 2 aromatic heterocycles. The van der Waals surface area contributed by atoms with E-state index in [0.29, 0.717) is 43.5 Å². The number of methoxy groups -OCH3 is 2. The third kappa shape index (κ3) is 3.52. The third-order valence-electron chi connectivity index (χ3n) is 3.99. The predicted octanol–water partition coefficient (Wildman–Crippen LogP) is 3.54. The van der Waals surface area contributed by atoms with Crippen LogP contribution in [-0.4, -0.2) is 36.3 Å². The Labute approximate surface area is 159 Å². The van der Waals surface area contributed by atoms with Gasteiger partial charge in [0.1, 0.15) is 15.5 Å². The van der Waals surface area contributed by atoms with Crippen molar-refractivity contribution in [3.63, 3.8) is 0 Å². The van der Waals surface area contributed by atoms with Crippen molar-refractivity contribution >= 4 is 27.5 Å². The monoisotopic (exact) mass is 388 g/mol. The molecule has 1 N–H and O–H groups in total. The Bertz CT molecular complexity index is 1070. The molecule has 3 rings (SSSR count). The van der Waals surface area contributed by atoms with Gasteiger partial charge in [-0.3, -0.25) is 4.79 Å². The summed E-state index contributed by atoms with van der Waals surface area (Å²) in [6.45, 7) is 5.28. The summed E-state index contributed by atoms with van der Waals surface area (Å²) < 4.78 is 15.8. The van der Waals surface area contributed by atoms with Crippen LogP contribution in [-0.2, 0) is 4.74 Å². The number of esters is 1. The number of fused-ring (bicyclic) bond motifs is 1. The molecule has 3 aromatic rings. The minimum absolute atomic E-state index is 0.240. The third-order valence-corrected chi connectivity index (χ3v) is 5.15. The molecule has 0 unspecified atom stereocenters. The fourth-order valence-corrected chi connectivity index (χ4v) is 3.79. The van der Waals surface area contributed by atoms with Crippen molar-refractivity contribution < 1.29 is 19.0 Å². The van der Waals surface area contributed by atoms with E-state index < -0.39 is 5.97 Å². The quantitative estimate of drug-likeness (QED) is 0.672. The van der Waals surface area contributed by atoms with Crippen LogP contribution < -0.4 is 15.0 Å². The van der Waals surface area contributed by atoms with E-state index in [-0.39, 0.29) is 11.7 Å². The standard InChI is InChI=1S/C19H20N2O5S/c1-9(2)26-19(23)15-10(3)14-17(22)20-16(21-18(14)27-15)11-6-7-12(24-4)13(8-11)25-5/h6-9H,1-5H3,(H,20,21,22). The van der Waals surface area contributed by atoms with Crippen molar-refractivity contribution in [3.8, 4) is 22.9 Å². The van der Waals surface area contributed by atoms with Crippen LogP contribution in [0.1, 0.15) is 29.1 Å². The number of hydrogen-bond acceptors (Lipinski definition) is 7. The zero-order valence-electron chi connectivity index (χ0n) is 15.7. The van der Waals surface area contributed by atoms with Crippen LogP contribution in [0, 0.1) is 6.92 Å². The SMILES string of the molecule is COc1ccc(-c2nc3sc(C(=O)OC(C)C)c(C)c3c(=O)[nH]2)cc1OC. The number of aromatic amines is 1. The van der Waals surface area contributed by atoms with Gasteiger partial charge in [-0.25, -0.2) is 9.78 Å². The fourth-order valence-electron chi connectivity index (χ4n) is 2.73. The second-order valence-electron chi connectivity index (χ2n) is 6.17. The van der Waals surface area contributed by atoms with Gasteiger partial charge in [0.25, 0.3) is 5.56 Å². The molecule has 1 aromatic carbocycles. The molecular weight excluding hydrogens is 368 g/mol. The lowest BCUT2D eigenvalue weighted by molar-refractivity contribution is 0.0383. The van der Waals surface area contributed by atoms with Crippen LogP contribution in [0.25, 0.3) is 21.6 Å². The first-order chi connectivity index (χ1) is 12.8. The number of aryl methyl sites for hydroxylation is 1. The summed E-state index contributed by atoms with van der Waals surface area (Å²) in [5.74, 6) is 1.05. The minimum atomic E-state index is -0.447. The van der Waals surface area contributed by atoms with Gasteiger partial charge in [-0.15, -0.1) is 11.3 Å². The number of nitrogens with one attached hydrogen (secondary N) is 1. The van der Waals surface area contributed by atoms with Crippen LogP contribution in [0.4, 0.5) is 0 Å². The number of carbonyl (C=O) groups is 1. The zero-order valence-corrected chi connectivity index (χ0v) is 16.5. The molecule has 0 spiro atoms. The van der Waals surface area contributed by atoms with Gasteiger partial charge in [0.05, 0.1) is 25.7 Å². The van der Waals surface area contributed by atoms with Gasteiger partial charge in [-0.1, -0.05) is 0 Å². The molecule has 27 heavy (non-hydrogen) atoms. The highest BCUT2D eigenvalue weighted by Gasteiger charge is 2.21. The van der Waals surface area contributed by atoms with Crippen LogP contribution in [0.5, 0.6) is 11.5 Å². The van der Waals surface area contributed by atoms with E-state index in [1.807, 2.05) is 0 Å². The van der Waals surface area contributed by atoms with Crippen LogP contribution in [0.3, 0.4) is 0 Å². The zero-order chi connectivity index (χ0) is 19.7. The molecule has 0 aliphatic carbocycles. The molecule has 0 atom stereocenters. The Morgan fingerprint density at radius 3 is 2.52 bits per heavy atom. The highest BCUT2D eigenvalue weighted by Crippen LogP contribution is 2.33. The largest absolute Gasteiger partial charge is 0.493 e. The molecule has 0 fully saturated rings. The molecule has 0 aliphatic heterocycles. The number of carbonyl (C=O) groups excluding carboxylic acids is 1. The molecule has 0 saturated carbocycles. The molecule has 7 nitrogen and oxygen atoms in total. The van der Waals surface area contributed by atoms with E-state index in [0.717, 1.165) is 11.3 Å².